The first-order chi connectivity index (χ1) is 12.0. The highest BCUT2D eigenvalue weighted by molar-refractivity contribution is 6.25. The number of carbonyl (C=O) groups is 2. The second kappa shape index (κ2) is 6.76. The number of rotatable bonds is 4. The summed E-state index contributed by atoms with van der Waals surface area (Å²) in [6.45, 7) is 1.81. The summed E-state index contributed by atoms with van der Waals surface area (Å²) in [4.78, 5) is 24.6. The summed E-state index contributed by atoms with van der Waals surface area (Å²) in [7, 11) is 0. The molecule has 0 fully saturated rings. The number of hydrogen-bond acceptors (Lipinski definition) is 5. The third-order valence-corrected chi connectivity index (χ3v) is 3.78. The van der Waals surface area contributed by atoms with Gasteiger partial charge in [0.25, 0.3) is 0 Å². The van der Waals surface area contributed by atoms with Crippen molar-refractivity contribution in [1.82, 2.24) is 0 Å². The van der Waals surface area contributed by atoms with Crippen molar-refractivity contribution in [3.05, 3.63) is 76.9 Å². The lowest BCUT2D eigenvalue weighted by Gasteiger charge is -2.10. The normalized spacial score (nSPS) is 16.7. The van der Waals surface area contributed by atoms with Gasteiger partial charge in [0.15, 0.2) is 12.0 Å². The zero-order valence-corrected chi connectivity index (χ0v) is 13.5. The lowest BCUT2D eigenvalue weighted by atomic mass is 9.96. The second-order valence-corrected chi connectivity index (χ2v) is 5.46. The maximum atomic E-state index is 13.9. The molecule has 128 valence electrons. The van der Waals surface area contributed by atoms with Crippen LogP contribution in [0.5, 0.6) is 0 Å². The molecule has 3 rings (SSSR count). The summed E-state index contributed by atoms with van der Waals surface area (Å²) in [6.07, 6.45) is -0.884. The topological polar surface area (TPSA) is 78.6 Å². The lowest BCUT2D eigenvalue weighted by molar-refractivity contribution is -0.120. The Morgan fingerprint density at radius 1 is 1.24 bits per heavy atom. The number of benzene rings is 2. The molecule has 6 heteroatoms. The van der Waals surface area contributed by atoms with Crippen LogP contribution in [0.4, 0.5) is 4.39 Å². The van der Waals surface area contributed by atoms with E-state index in [1.54, 1.807) is 31.2 Å². The van der Waals surface area contributed by atoms with E-state index in [2.05, 4.69) is 0 Å². The Morgan fingerprint density at radius 2 is 1.96 bits per heavy atom. The number of halogens is 1. The summed E-state index contributed by atoms with van der Waals surface area (Å²) in [5.41, 5.74) is 6.75. The fourth-order valence-corrected chi connectivity index (χ4v) is 2.69. The number of ketones is 1. The molecule has 1 aliphatic rings. The molecule has 0 amide bonds. The first kappa shape index (κ1) is 16.7. The highest BCUT2D eigenvalue weighted by Gasteiger charge is 2.36. The number of ether oxygens (including phenoxy) is 2. The number of Topliss-reactive ketones (excluding diaryl/α,β-unsaturated/α-hetero) is 1. The molecule has 0 radical (unpaired) electrons. The van der Waals surface area contributed by atoms with Crippen LogP contribution < -0.4 is 5.73 Å². The predicted octanol–water partition coefficient (Wildman–Crippen LogP) is 2.97. The molecular weight excluding hydrogens is 325 g/mol. The molecular formula is C19H16FNO4. The van der Waals surface area contributed by atoms with Crippen molar-refractivity contribution in [3.63, 3.8) is 0 Å². The molecule has 0 saturated carbocycles. The van der Waals surface area contributed by atoms with Gasteiger partial charge in [-0.05, 0) is 30.7 Å². The molecule has 0 spiro atoms. The predicted molar refractivity (Wildman–Crippen MR) is 88.7 cm³/mol. The number of nitrogens with two attached hydrogens (primary N) is 1. The Hall–Kier alpha value is -3.15. The number of carbonyl (C=O) groups excluding carboxylic acids is 2. The van der Waals surface area contributed by atoms with Crippen LogP contribution in [0, 0.1) is 5.82 Å². The van der Waals surface area contributed by atoms with Crippen molar-refractivity contribution in [1.29, 1.82) is 0 Å². The zero-order chi connectivity index (χ0) is 18.0. The molecule has 1 aliphatic heterocycles. The van der Waals surface area contributed by atoms with Crippen molar-refractivity contribution in [2.75, 3.05) is 6.61 Å². The third kappa shape index (κ3) is 3.24. The van der Waals surface area contributed by atoms with Crippen LogP contribution in [-0.4, -0.2) is 18.4 Å². The van der Waals surface area contributed by atoms with Crippen molar-refractivity contribution in [3.8, 4) is 0 Å². The van der Waals surface area contributed by atoms with E-state index in [1.807, 2.05) is 6.07 Å². The molecule has 2 aromatic carbocycles. The largest absolute Gasteiger partial charge is 0.462 e. The van der Waals surface area contributed by atoms with E-state index in [0.717, 1.165) is 12.1 Å². The molecule has 5 nitrogen and oxygen atoms in total. The average Bonchev–Trinajstić information content (AvgIpc) is 2.90. The molecule has 0 aliphatic carbocycles. The number of esters is 1. The van der Waals surface area contributed by atoms with Gasteiger partial charge in [0.1, 0.15) is 5.82 Å². The van der Waals surface area contributed by atoms with Crippen molar-refractivity contribution in [2.45, 2.75) is 13.0 Å². The maximum Gasteiger partial charge on any atom is 0.338 e. The van der Waals surface area contributed by atoms with Gasteiger partial charge in [-0.1, -0.05) is 30.3 Å². The molecule has 0 aromatic heterocycles. The molecule has 1 heterocycles. The lowest BCUT2D eigenvalue weighted by Crippen LogP contribution is -2.10. The summed E-state index contributed by atoms with van der Waals surface area (Å²) in [5, 5.41) is 0. The first-order valence-corrected chi connectivity index (χ1v) is 7.75. The van der Waals surface area contributed by atoms with Gasteiger partial charge in [-0.2, -0.15) is 0 Å². The van der Waals surface area contributed by atoms with Gasteiger partial charge in [0.05, 0.1) is 17.7 Å². The Balaban J connectivity index is 1.97. The molecule has 2 aromatic rings. The van der Waals surface area contributed by atoms with Gasteiger partial charge in [-0.25, -0.2) is 9.18 Å². The fraction of sp³-hybridized carbons (Fsp3) is 0.158. The van der Waals surface area contributed by atoms with E-state index in [4.69, 9.17) is 15.2 Å². The van der Waals surface area contributed by atoms with E-state index in [1.165, 1.54) is 6.07 Å². The minimum atomic E-state index is -0.884. The van der Waals surface area contributed by atoms with Gasteiger partial charge >= 0.3 is 5.97 Å². The molecule has 1 unspecified atom stereocenters. The highest BCUT2D eigenvalue weighted by atomic mass is 19.1. The van der Waals surface area contributed by atoms with Gasteiger partial charge in [-0.3, -0.25) is 4.79 Å². The molecule has 0 bridgehead atoms. The van der Waals surface area contributed by atoms with Gasteiger partial charge < -0.3 is 15.2 Å². The monoisotopic (exact) mass is 341 g/mol. The van der Waals surface area contributed by atoms with Crippen LogP contribution in [0.2, 0.25) is 0 Å². The standard InChI is InChI=1S/C19H16FNO4/c1-2-24-19(23)13-8-12(9-14(20)10-13)15-16(22)17(25-18(15)21)11-6-4-3-5-7-11/h3-10,17H,2,21H2,1H3. The molecule has 25 heavy (non-hydrogen) atoms. The second-order valence-electron chi connectivity index (χ2n) is 5.46. The Kier molecular flexibility index (Phi) is 4.52. The van der Waals surface area contributed by atoms with Crippen LogP contribution in [-0.2, 0) is 14.3 Å². The van der Waals surface area contributed by atoms with Crippen molar-refractivity contribution < 1.29 is 23.5 Å². The van der Waals surface area contributed by atoms with Crippen LogP contribution in [0.3, 0.4) is 0 Å². The van der Waals surface area contributed by atoms with E-state index in [-0.39, 0.29) is 35.0 Å². The highest BCUT2D eigenvalue weighted by Crippen LogP contribution is 2.36. The Morgan fingerprint density at radius 3 is 2.64 bits per heavy atom. The van der Waals surface area contributed by atoms with Gasteiger partial charge in [-0.15, -0.1) is 0 Å². The van der Waals surface area contributed by atoms with Crippen LogP contribution >= 0.6 is 0 Å². The maximum absolute atomic E-state index is 13.9. The van der Waals surface area contributed by atoms with E-state index in [9.17, 15) is 14.0 Å². The molecule has 0 saturated heterocycles. The first-order valence-electron chi connectivity index (χ1n) is 7.75. The van der Waals surface area contributed by atoms with Crippen LogP contribution in [0.1, 0.15) is 34.5 Å². The minimum Gasteiger partial charge on any atom is -0.462 e. The zero-order valence-electron chi connectivity index (χ0n) is 13.5. The number of hydrogen-bond donors (Lipinski definition) is 1. The minimum absolute atomic E-state index is 0.00751. The van der Waals surface area contributed by atoms with Gasteiger partial charge in [0.2, 0.25) is 5.78 Å². The van der Waals surface area contributed by atoms with E-state index >= 15 is 0 Å². The van der Waals surface area contributed by atoms with Crippen molar-refractivity contribution >= 4 is 17.3 Å². The molecule has 2 N–H and O–H groups in total. The summed E-state index contributed by atoms with van der Waals surface area (Å²) in [6, 6.07) is 12.4. The van der Waals surface area contributed by atoms with Gasteiger partial charge in [0, 0.05) is 5.56 Å². The van der Waals surface area contributed by atoms with Crippen LogP contribution in [0.25, 0.3) is 5.57 Å². The van der Waals surface area contributed by atoms with Crippen molar-refractivity contribution in [2.24, 2.45) is 5.73 Å². The summed E-state index contributed by atoms with van der Waals surface area (Å²) < 4.78 is 24.3. The Labute approximate surface area is 143 Å². The average molecular weight is 341 g/mol. The Bertz CT molecular complexity index is 861. The molecule has 1 atom stereocenters. The fourth-order valence-electron chi connectivity index (χ4n) is 2.69. The third-order valence-electron chi connectivity index (χ3n) is 3.78. The van der Waals surface area contributed by atoms with E-state index in [0.29, 0.717) is 5.56 Å². The van der Waals surface area contributed by atoms with E-state index < -0.39 is 17.9 Å². The quantitative estimate of drug-likeness (QED) is 0.865. The van der Waals surface area contributed by atoms with Crippen LogP contribution in [0.15, 0.2) is 54.4 Å². The smallest absolute Gasteiger partial charge is 0.338 e. The summed E-state index contributed by atoms with van der Waals surface area (Å²) in [5.74, 6) is -1.83. The SMILES string of the molecule is CCOC(=O)c1cc(F)cc(C2=C(N)OC(c3ccccc3)C2=O)c1. The summed E-state index contributed by atoms with van der Waals surface area (Å²) >= 11 is 0.